The summed E-state index contributed by atoms with van der Waals surface area (Å²) in [6, 6.07) is 4.89. The molecule has 1 aliphatic carbocycles. The van der Waals surface area contributed by atoms with E-state index in [2.05, 4.69) is 5.32 Å². The SMILES string of the molecule is O=C(OC[C@H]1CCC[C@H]2c3cc(Cl)ccc3S(=O)(=O)N12)N1CCC(NCC2CC2)CC1. The van der Waals surface area contributed by atoms with Crippen LogP contribution in [0.2, 0.25) is 5.02 Å². The number of hydrogen-bond acceptors (Lipinski definition) is 5. The zero-order valence-corrected chi connectivity index (χ0v) is 19.2. The molecule has 3 heterocycles. The van der Waals surface area contributed by atoms with Crippen molar-refractivity contribution >= 4 is 27.7 Å². The van der Waals surface area contributed by atoms with Gasteiger partial charge in [0, 0.05) is 24.2 Å². The third-order valence-electron chi connectivity index (χ3n) is 7.11. The summed E-state index contributed by atoms with van der Waals surface area (Å²) < 4.78 is 33.5. The van der Waals surface area contributed by atoms with Crippen molar-refractivity contribution in [2.45, 2.75) is 68.0 Å². The highest BCUT2D eigenvalue weighted by atomic mass is 35.5. The van der Waals surface area contributed by atoms with E-state index in [9.17, 15) is 13.2 Å². The van der Waals surface area contributed by atoms with Crippen molar-refractivity contribution in [1.82, 2.24) is 14.5 Å². The predicted octanol–water partition coefficient (Wildman–Crippen LogP) is 3.54. The zero-order chi connectivity index (χ0) is 21.6. The van der Waals surface area contributed by atoms with E-state index in [1.54, 1.807) is 27.4 Å². The minimum absolute atomic E-state index is 0.0934. The van der Waals surface area contributed by atoms with Gasteiger partial charge in [0.1, 0.15) is 6.61 Å². The number of benzene rings is 1. The molecule has 2 atom stereocenters. The number of piperidine rings is 2. The first-order valence-electron chi connectivity index (χ1n) is 11.4. The number of amides is 1. The van der Waals surface area contributed by atoms with Gasteiger partial charge in [0.15, 0.2) is 0 Å². The molecule has 0 unspecified atom stereocenters. The summed E-state index contributed by atoms with van der Waals surface area (Å²) in [7, 11) is -3.60. The van der Waals surface area contributed by atoms with E-state index in [0.29, 0.717) is 35.5 Å². The fourth-order valence-electron chi connectivity index (χ4n) is 5.18. The fraction of sp³-hybridized carbons (Fsp3) is 0.682. The lowest BCUT2D eigenvalue weighted by molar-refractivity contribution is 0.0578. The molecule has 0 radical (unpaired) electrons. The number of sulfonamides is 1. The molecule has 7 nitrogen and oxygen atoms in total. The topological polar surface area (TPSA) is 79.0 Å². The number of likely N-dealkylation sites (tertiary alicyclic amines) is 1. The summed E-state index contributed by atoms with van der Waals surface area (Å²) >= 11 is 6.13. The van der Waals surface area contributed by atoms with Crippen LogP contribution in [0.5, 0.6) is 0 Å². The van der Waals surface area contributed by atoms with E-state index < -0.39 is 10.0 Å². The van der Waals surface area contributed by atoms with Gasteiger partial charge in [-0.15, -0.1) is 0 Å². The van der Waals surface area contributed by atoms with Crippen LogP contribution in [0.4, 0.5) is 4.79 Å². The van der Waals surface area contributed by atoms with Gasteiger partial charge in [0.05, 0.1) is 17.0 Å². The Hall–Kier alpha value is -1.35. The van der Waals surface area contributed by atoms with E-state index in [4.69, 9.17) is 16.3 Å². The maximum Gasteiger partial charge on any atom is 0.409 e. The molecule has 1 N–H and O–H groups in total. The second kappa shape index (κ2) is 8.54. The first-order chi connectivity index (χ1) is 14.9. The van der Waals surface area contributed by atoms with Gasteiger partial charge in [-0.1, -0.05) is 11.6 Å². The highest BCUT2D eigenvalue weighted by molar-refractivity contribution is 7.89. The monoisotopic (exact) mass is 467 g/mol. The normalized spacial score (nSPS) is 28.2. The van der Waals surface area contributed by atoms with Crippen LogP contribution < -0.4 is 5.32 Å². The molecule has 3 fully saturated rings. The van der Waals surface area contributed by atoms with Gasteiger partial charge in [-0.3, -0.25) is 0 Å². The summed E-state index contributed by atoms with van der Waals surface area (Å²) in [5.74, 6) is 0.853. The van der Waals surface area contributed by atoms with Crippen molar-refractivity contribution in [2.24, 2.45) is 5.92 Å². The van der Waals surface area contributed by atoms with Gasteiger partial charge < -0.3 is 15.0 Å². The lowest BCUT2D eigenvalue weighted by Gasteiger charge is -2.37. The minimum Gasteiger partial charge on any atom is -0.448 e. The van der Waals surface area contributed by atoms with Gasteiger partial charge in [-0.2, -0.15) is 4.31 Å². The molecular formula is C22H30ClN3O4S. The second-order valence-corrected chi connectivity index (χ2v) is 11.6. The van der Waals surface area contributed by atoms with Crippen molar-refractivity contribution in [3.8, 4) is 0 Å². The van der Waals surface area contributed by atoms with Crippen molar-refractivity contribution in [2.75, 3.05) is 26.2 Å². The van der Waals surface area contributed by atoms with Crippen molar-refractivity contribution < 1.29 is 17.9 Å². The maximum atomic E-state index is 13.2. The van der Waals surface area contributed by atoms with E-state index in [1.807, 2.05) is 0 Å². The summed E-state index contributed by atoms with van der Waals surface area (Å²) in [4.78, 5) is 14.7. The average molecular weight is 468 g/mol. The molecule has 2 saturated heterocycles. The number of nitrogens with one attached hydrogen (secondary N) is 1. The molecule has 9 heteroatoms. The molecule has 31 heavy (non-hydrogen) atoms. The molecule has 0 aromatic heterocycles. The number of carbonyl (C=O) groups is 1. The lowest BCUT2D eigenvalue weighted by Crippen LogP contribution is -2.48. The molecule has 0 bridgehead atoms. The number of ether oxygens (including phenoxy) is 1. The van der Waals surface area contributed by atoms with Crippen LogP contribution in [-0.2, 0) is 14.8 Å². The van der Waals surface area contributed by atoms with E-state index in [0.717, 1.165) is 43.7 Å². The Morgan fingerprint density at radius 3 is 2.65 bits per heavy atom. The van der Waals surface area contributed by atoms with E-state index in [1.165, 1.54) is 12.8 Å². The van der Waals surface area contributed by atoms with E-state index >= 15 is 0 Å². The zero-order valence-electron chi connectivity index (χ0n) is 17.6. The maximum absolute atomic E-state index is 13.2. The smallest absolute Gasteiger partial charge is 0.409 e. The Morgan fingerprint density at radius 1 is 1.13 bits per heavy atom. The molecule has 1 aromatic rings. The molecule has 1 saturated carbocycles. The predicted molar refractivity (Wildman–Crippen MR) is 118 cm³/mol. The van der Waals surface area contributed by atoms with Gasteiger partial charge in [-0.05, 0) is 81.2 Å². The van der Waals surface area contributed by atoms with Crippen molar-refractivity contribution in [3.05, 3.63) is 28.8 Å². The van der Waals surface area contributed by atoms with Gasteiger partial charge in [0.25, 0.3) is 0 Å². The molecular weight excluding hydrogens is 438 g/mol. The molecule has 0 spiro atoms. The molecule has 3 aliphatic heterocycles. The van der Waals surface area contributed by atoms with Gasteiger partial charge >= 0.3 is 6.09 Å². The Morgan fingerprint density at radius 2 is 1.90 bits per heavy atom. The van der Waals surface area contributed by atoms with Crippen LogP contribution in [0, 0.1) is 5.92 Å². The highest BCUT2D eigenvalue weighted by Crippen LogP contribution is 2.47. The molecule has 5 rings (SSSR count). The molecule has 1 amide bonds. The van der Waals surface area contributed by atoms with Crippen LogP contribution in [0.15, 0.2) is 23.1 Å². The third-order valence-corrected chi connectivity index (χ3v) is 9.38. The quantitative estimate of drug-likeness (QED) is 0.716. The Balaban J connectivity index is 1.18. The Labute approximate surface area is 189 Å². The van der Waals surface area contributed by atoms with Crippen LogP contribution in [-0.4, -0.2) is 62.0 Å². The Kier molecular flexibility index (Phi) is 5.92. The van der Waals surface area contributed by atoms with E-state index in [-0.39, 0.29) is 24.8 Å². The van der Waals surface area contributed by atoms with Crippen molar-refractivity contribution in [1.29, 1.82) is 0 Å². The first kappa shape index (κ1) is 21.5. The molecule has 1 aromatic carbocycles. The molecule has 4 aliphatic rings. The number of carbonyl (C=O) groups excluding carboxylic acids is 1. The standard InChI is InChI=1S/C22H30ClN3O4S/c23-16-6-7-21-19(12-16)20-3-1-2-18(26(20)31(21,28)29)14-30-22(27)25-10-8-17(9-11-25)24-13-15-4-5-15/h6-7,12,15,17-18,20,24H,1-5,8-11,13-14H2/t18-,20+/m1/s1. The Bertz CT molecular complexity index is 944. The number of nitrogens with zero attached hydrogens (tertiary/aromatic N) is 2. The summed E-state index contributed by atoms with van der Waals surface area (Å²) in [5, 5.41) is 4.15. The van der Waals surface area contributed by atoms with Crippen molar-refractivity contribution in [3.63, 3.8) is 0 Å². The van der Waals surface area contributed by atoms with Crippen LogP contribution >= 0.6 is 11.6 Å². The number of halogens is 1. The second-order valence-electron chi connectivity index (χ2n) is 9.31. The molecule has 170 valence electrons. The van der Waals surface area contributed by atoms with Crippen LogP contribution in [0.1, 0.15) is 56.6 Å². The number of fused-ring (bicyclic) bond motifs is 3. The van der Waals surface area contributed by atoms with Crippen LogP contribution in [0.3, 0.4) is 0 Å². The lowest BCUT2D eigenvalue weighted by atomic mass is 9.94. The summed E-state index contributed by atoms with van der Waals surface area (Å²) in [6.45, 7) is 2.55. The average Bonchev–Trinajstić information content (AvgIpc) is 3.57. The van der Waals surface area contributed by atoms with Gasteiger partial charge in [-0.25, -0.2) is 13.2 Å². The first-order valence-corrected chi connectivity index (χ1v) is 13.2. The summed E-state index contributed by atoms with van der Waals surface area (Å²) in [6.07, 6.45) is 6.56. The highest BCUT2D eigenvalue weighted by Gasteiger charge is 2.48. The van der Waals surface area contributed by atoms with Crippen LogP contribution in [0.25, 0.3) is 0 Å². The number of hydrogen-bond donors (Lipinski definition) is 1. The minimum atomic E-state index is -3.60. The van der Waals surface area contributed by atoms with Gasteiger partial charge in [0.2, 0.25) is 10.0 Å². The third kappa shape index (κ3) is 4.32. The summed E-state index contributed by atoms with van der Waals surface area (Å²) in [5.41, 5.74) is 0.768. The number of rotatable bonds is 5. The largest absolute Gasteiger partial charge is 0.448 e. The fourth-order valence-corrected chi connectivity index (χ4v) is 7.43.